The molecule has 1 aliphatic heterocycles. The second-order valence-electron chi connectivity index (χ2n) is 6.03. The Hall–Kier alpha value is -2.67. The SMILES string of the molecule is Nc1nc2ccc(-c3ccc(F)cc3)c(NC3CCCNC3)n2n1. The van der Waals surface area contributed by atoms with E-state index in [1.807, 2.05) is 12.1 Å². The number of nitrogens with zero attached hydrogens (tertiary/aromatic N) is 3. The van der Waals surface area contributed by atoms with Crippen molar-refractivity contribution in [3.8, 4) is 11.1 Å². The summed E-state index contributed by atoms with van der Waals surface area (Å²) in [7, 11) is 0. The summed E-state index contributed by atoms with van der Waals surface area (Å²) in [4.78, 5) is 4.23. The first-order valence-corrected chi connectivity index (χ1v) is 8.09. The van der Waals surface area contributed by atoms with Gasteiger partial charge in [0.25, 0.3) is 0 Å². The van der Waals surface area contributed by atoms with E-state index >= 15 is 0 Å². The van der Waals surface area contributed by atoms with Gasteiger partial charge in [-0.25, -0.2) is 4.39 Å². The van der Waals surface area contributed by atoms with E-state index in [0.717, 1.165) is 42.9 Å². The summed E-state index contributed by atoms with van der Waals surface area (Å²) in [5, 5.41) is 11.3. The highest BCUT2D eigenvalue weighted by molar-refractivity contribution is 5.78. The minimum Gasteiger partial charge on any atom is -0.366 e. The molecule has 4 rings (SSSR count). The fourth-order valence-electron chi connectivity index (χ4n) is 3.13. The topological polar surface area (TPSA) is 80.3 Å². The number of hydrogen-bond acceptors (Lipinski definition) is 5. The molecule has 1 aromatic carbocycles. The number of pyridine rings is 1. The predicted octanol–water partition coefficient (Wildman–Crippen LogP) is 2.28. The number of nitrogens with one attached hydrogen (secondary N) is 2. The van der Waals surface area contributed by atoms with Crippen LogP contribution in [0.4, 0.5) is 16.2 Å². The van der Waals surface area contributed by atoms with Gasteiger partial charge in [-0.15, -0.1) is 5.10 Å². The van der Waals surface area contributed by atoms with Crippen LogP contribution in [0.2, 0.25) is 0 Å². The minimum absolute atomic E-state index is 0.232. The van der Waals surface area contributed by atoms with Gasteiger partial charge in [0.1, 0.15) is 11.6 Å². The molecule has 1 atom stereocenters. The number of aromatic nitrogens is 3. The number of hydrogen-bond donors (Lipinski definition) is 3. The van der Waals surface area contributed by atoms with Crippen LogP contribution in [-0.2, 0) is 0 Å². The maximum Gasteiger partial charge on any atom is 0.240 e. The number of fused-ring (bicyclic) bond motifs is 1. The third kappa shape index (κ3) is 2.78. The molecule has 3 aromatic rings. The summed E-state index contributed by atoms with van der Waals surface area (Å²) < 4.78 is 15.0. The second kappa shape index (κ2) is 6.09. The van der Waals surface area contributed by atoms with Crippen molar-refractivity contribution >= 4 is 17.4 Å². The Kier molecular flexibility index (Phi) is 3.78. The molecule has 1 aliphatic rings. The highest BCUT2D eigenvalue weighted by Gasteiger charge is 2.18. The summed E-state index contributed by atoms with van der Waals surface area (Å²) in [6.07, 6.45) is 2.20. The van der Waals surface area contributed by atoms with Gasteiger partial charge in [0.15, 0.2) is 5.65 Å². The third-order valence-electron chi connectivity index (χ3n) is 4.31. The first-order valence-electron chi connectivity index (χ1n) is 8.09. The van der Waals surface area contributed by atoms with Crippen molar-refractivity contribution in [1.29, 1.82) is 0 Å². The molecular weight excluding hydrogens is 307 g/mol. The first kappa shape index (κ1) is 14.9. The molecule has 0 spiro atoms. The number of anilines is 2. The number of nitrogens with two attached hydrogens (primary N) is 1. The Morgan fingerprint density at radius 3 is 2.79 bits per heavy atom. The summed E-state index contributed by atoms with van der Waals surface area (Å²) in [6, 6.07) is 10.6. The van der Waals surface area contributed by atoms with Crippen LogP contribution in [0.5, 0.6) is 0 Å². The quantitative estimate of drug-likeness (QED) is 0.688. The standard InChI is InChI=1S/C17H19FN6/c18-12-5-3-11(4-6-12)14-7-8-15-22-17(19)23-24(15)16(14)21-13-2-1-9-20-10-13/h3-8,13,20-21H,1-2,9-10H2,(H2,19,23). The lowest BCUT2D eigenvalue weighted by molar-refractivity contribution is 0.478. The zero-order valence-electron chi connectivity index (χ0n) is 13.2. The van der Waals surface area contributed by atoms with Crippen LogP contribution in [0, 0.1) is 5.82 Å². The lowest BCUT2D eigenvalue weighted by Gasteiger charge is -2.26. The van der Waals surface area contributed by atoms with Crippen LogP contribution in [0.3, 0.4) is 0 Å². The van der Waals surface area contributed by atoms with Crippen molar-refractivity contribution in [2.45, 2.75) is 18.9 Å². The zero-order chi connectivity index (χ0) is 16.5. The number of piperidine rings is 1. The molecule has 4 N–H and O–H groups in total. The van der Waals surface area contributed by atoms with Crippen LogP contribution < -0.4 is 16.4 Å². The number of rotatable bonds is 3. The lowest BCUT2D eigenvalue weighted by Crippen LogP contribution is -2.39. The molecule has 7 heteroatoms. The van der Waals surface area contributed by atoms with Gasteiger partial charge in [0, 0.05) is 18.2 Å². The normalized spacial score (nSPS) is 18.0. The highest BCUT2D eigenvalue weighted by Crippen LogP contribution is 2.30. The molecule has 124 valence electrons. The predicted molar refractivity (Wildman–Crippen MR) is 92.3 cm³/mol. The van der Waals surface area contributed by atoms with Gasteiger partial charge < -0.3 is 16.4 Å². The number of nitrogen functional groups attached to an aromatic ring is 1. The molecule has 2 aromatic heterocycles. The van der Waals surface area contributed by atoms with Crippen molar-refractivity contribution in [1.82, 2.24) is 19.9 Å². The van der Waals surface area contributed by atoms with Gasteiger partial charge in [-0.1, -0.05) is 12.1 Å². The van der Waals surface area contributed by atoms with Gasteiger partial charge in [0.05, 0.1) is 0 Å². The van der Waals surface area contributed by atoms with E-state index in [1.54, 1.807) is 16.6 Å². The Labute approximate surface area is 138 Å². The average Bonchev–Trinajstić information content (AvgIpc) is 2.98. The van der Waals surface area contributed by atoms with Gasteiger partial charge in [0.2, 0.25) is 5.95 Å². The first-order chi connectivity index (χ1) is 11.7. The molecule has 1 fully saturated rings. The molecule has 1 saturated heterocycles. The van der Waals surface area contributed by atoms with Crippen molar-refractivity contribution in [2.75, 3.05) is 24.1 Å². The monoisotopic (exact) mass is 326 g/mol. The lowest BCUT2D eigenvalue weighted by atomic mass is 10.0. The maximum atomic E-state index is 13.3. The second-order valence-corrected chi connectivity index (χ2v) is 6.03. The Bertz CT molecular complexity index is 851. The smallest absolute Gasteiger partial charge is 0.240 e. The molecular formula is C17H19FN6. The van der Waals surface area contributed by atoms with E-state index in [9.17, 15) is 4.39 Å². The van der Waals surface area contributed by atoms with Crippen LogP contribution >= 0.6 is 0 Å². The van der Waals surface area contributed by atoms with Gasteiger partial charge in [-0.05, 0) is 49.2 Å². The zero-order valence-corrected chi connectivity index (χ0v) is 13.2. The number of benzene rings is 1. The molecule has 3 heterocycles. The van der Waals surface area contributed by atoms with E-state index in [2.05, 4.69) is 20.7 Å². The summed E-state index contributed by atoms with van der Waals surface area (Å²) >= 11 is 0. The fraction of sp³-hybridized carbons (Fsp3) is 0.294. The van der Waals surface area contributed by atoms with Crippen LogP contribution in [0.25, 0.3) is 16.8 Å². The van der Waals surface area contributed by atoms with Crippen molar-refractivity contribution < 1.29 is 4.39 Å². The summed E-state index contributed by atoms with van der Waals surface area (Å²) in [5.41, 5.74) is 8.31. The Morgan fingerprint density at radius 2 is 2.04 bits per heavy atom. The Balaban J connectivity index is 1.82. The molecule has 1 unspecified atom stereocenters. The molecule has 0 aliphatic carbocycles. The van der Waals surface area contributed by atoms with E-state index in [4.69, 9.17) is 5.73 Å². The third-order valence-corrected chi connectivity index (χ3v) is 4.31. The van der Waals surface area contributed by atoms with Gasteiger partial charge in [-0.2, -0.15) is 9.50 Å². The van der Waals surface area contributed by atoms with Crippen LogP contribution in [0.1, 0.15) is 12.8 Å². The van der Waals surface area contributed by atoms with Crippen LogP contribution in [-0.4, -0.2) is 33.7 Å². The molecule has 0 radical (unpaired) electrons. The molecule has 0 bridgehead atoms. The number of halogens is 1. The van der Waals surface area contributed by atoms with E-state index in [-0.39, 0.29) is 11.8 Å². The van der Waals surface area contributed by atoms with Crippen molar-refractivity contribution in [2.24, 2.45) is 0 Å². The molecule has 6 nitrogen and oxygen atoms in total. The highest BCUT2D eigenvalue weighted by atomic mass is 19.1. The molecule has 0 amide bonds. The minimum atomic E-state index is -0.254. The van der Waals surface area contributed by atoms with E-state index in [1.165, 1.54) is 12.1 Å². The van der Waals surface area contributed by atoms with E-state index in [0.29, 0.717) is 11.7 Å². The molecule has 0 saturated carbocycles. The molecule has 24 heavy (non-hydrogen) atoms. The maximum absolute atomic E-state index is 13.3. The van der Waals surface area contributed by atoms with Gasteiger partial charge in [-0.3, -0.25) is 0 Å². The largest absolute Gasteiger partial charge is 0.366 e. The van der Waals surface area contributed by atoms with Crippen molar-refractivity contribution in [3.05, 3.63) is 42.2 Å². The van der Waals surface area contributed by atoms with E-state index < -0.39 is 0 Å². The van der Waals surface area contributed by atoms with Gasteiger partial charge >= 0.3 is 0 Å². The van der Waals surface area contributed by atoms with Crippen molar-refractivity contribution in [3.63, 3.8) is 0 Å². The summed E-state index contributed by atoms with van der Waals surface area (Å²) in [6.45, 7) is 1.94. The Morgan fingerprint density at radius 1 is 1.21 bits per heavy atom. The van der Waals surface area contributed by atoms with Crippen LogP contribution in [0.15, 0.2) is 36.4 Å². The fourth-order valence-corrected chi connectivity index (χ4v) is 3.13. The summed E-state index contributed by atoms with van der Waals surface area (Å²) in [5.74, 6) is 0.809. The average molecular weight is 326 g/mol.